The summed E-state index contributed by atoms with van der Waals surface area (Å²) >= 11 is 5.33. The van der Waals surface area contributed by atoms with Crippen molar-refractivity contribution in [2.24, 2.45) is 0 Å². The Morgan fingerprint density at radius 1 is 1.06 bits per heavy atom. The number of nitriles is 1. The van der Waals surface area contributed by atoms with Gasteiger partial charge in [0, 0.05) is 18.1 Å². The molecule has 0 atom stereocenters. The number of rotatable bonds is 11. The predicted octanol–water partition coefficient (Wildman–Crippen LogP) is 6.59. The molecule has 0 saturated carbocycles. The van der Waals surface area contributed by atoms with Gasteiger partial charge >= 0.3 is 6.18 Å². The first-order valence-corrected chi connectivity index (χ1v) is 13.8. The third kappa shape index (κ3) is 7.03. The van der Waals surface area contributed by atoms with Crippen LogP contribution in [0.5, 0.6) is 5.75 Å². The van der Waals surface area contributed by atoms with Crippen molar-refractivity contribution in [1.82, 2.24) is 4.98 Å². The fourth-order valence-corrected chi connectivity index (χ4v) is 5.20. The second-order valence-electron chi connectivity index (χ2n) is 10.6. The van der Waals surface area contributed by atoms with Crippen molar-refractivity contribution in [3.05, 3.63) is 71.2 Å². The Bertz CT molecular complexity index is 1780. The summed E-state index contributed by atoms with van der Waals surface area (Å²) in [7, 11) is 0. The third-order valence-corrected chi connectivity index (χ3v) is 7.33. The molecule has 0 N–H and O–H groups in total. The van der Waals surface area contributed by atoms with Crippen LogP contribution in [0.1, 0.15) is 31.4 Å². The van der Waals surface area contributed by atoms with Crippen molar-refractivity contribution in [2.75, 3.05) is 29.6 Å². The fraction of sp³-hybridized carbons (Fsp3) is 0.300. The lowest BCUT2D eigenvalue weighted by Gasteiger charge is -2.29. The number of aldehydes is 1. The van der Waals surface area contributed by atoms with E-state index in [0.717, 1.165) is 41.4 Å². The Morgan fingerprint density at radius 2 is 1.77 bits per heavy atom. The Kier molecular flexibility index (Phi) is 9.88. The maximum atomic E-state index is 15.4. The molecule has 1 fully saturated rings. The number of alkyl halides is 5. The minimum Gasteiger partial charge on any atom is -0.484 e. The summed E-state index contributed by atoms with van der Waals surface area (Å²) in [6.07, 6.45) is -4.64. The van der Waals surface area contributed by atoms with Crippen LogP contribution in [0.3, 0.4) is 0 Å². The van der Waals surface area contributed by atoms with Crippen LogP contribution in [-0.2, 0) is 20.5 Å². The number of hydrogen-bond acceptors (Lipinski definition) is 7. The molecular weight excluding hydrogens is 664 g/mol. The SMILES string of the molecule is CC1(C)C(=O)N(c2ccc(C#N)c(C(F)(F)F)c2F)C(=S)N1c1cnc(-c2ccc(OCC(F)(F)CCOCC=O)c(F)c2)c(F)c1. The Labute approximate surface area is 267 Å². The monoisotopic (exact) mass is 686 g/mol. The minimum atomic E-state index is -5.28. The standard InChI is InChI=1S/C30H22F8N4O4S/c1-28(2)26(44)41(21-5-3-17(13-39)23(24(21)33)30(36,37)38)27(47)42(28)18-12-20(32)25(40-14-18)16-4-6-22(19(31)11-16)46-15-29(34,35)7-9-45-10-8-43/h3-6,8,11-12,14H,7,9-10,15H2,1-2H3. The highest BCUT2D eigenvalue weighted by Gasteiger charge is 2.52. The number of thiocarbonyl (C=S) groups is 1. The van der Waals surface area contributed by atoms with Gasteiger partial charge in [0.05, 0.1) is 35.8 Å². The molecule has 0 unspecified atom stereocenters. The van der Waals surface area contributed by atoms with Crippen molar-refractivity contribution >= 4 is 40.9 Å². The van der Waals surface area contributed by atoms with E-state index in [4.69, 9.17) is 22.2 Å². The van der Waals surface area contributed by atoms with Gasteiger partial charge in [0.25, 0.3) is 11.8 Å². The molecule has 3 aromatic rings. The van der Waals surface area contributed by atoms with E-state index in [1.165, 1.54) is 19.9 Å². The van der Waals surface area contributed by atoms with Crippen LogP contribution in [0.2, 0.25) is 0 Å². The van der Waals surface area contributed by atoms with E-state index in [1.807, 2.05) is 0 Å². The lowest BCUT2D eigenvalue weighted by molar-refractivity contribution is -0.140. The average Bonchev–Trinajstić information content (AvgIpc) is 3.16. The zero-order chi connectivity index (χ0) is 34.9. The molecule has 17 heteroatoms. The molecule has 0 spiro atoms. The number of pyridine rings is 1. The summed E-state index contributed by atoms with van der Waals surface area (Å²) in [4.78, 5) is 29.1. The van der Waals surface area contributed by atoms with Crippen LogP contribution >= 0.6 is 12.2 Å². The van der Waals surface area contributed by atoms with E-state index >= 15 is 8.78 Å². The number of hydrogen-bond donors (Lipinski definition) is 0. The molecule has 47 heavy (non-hydrogen) atoms. The number of aromatic nitrogens is 1. The highest BCUT2D eigenvalue weighted by molar-refractivity contribution is 7.81. The molecular formula is C30H22F8N4O4S. The van der Waals surface area contributed by atoms with Gasteiger partial charge in [-0.05, 0) is 56.4 Å². The molecule has 0 radical (unpaired) electrons. The third-order valence-electron chi connectivity index (χ3n) is 6.96. The number of anilines is 2. The van der Waals surface area contributed by atoms with E-state index in [1.54, 1.807) is 0 Å². The van der Waals surface area contributed by atoms with Gasteiger partial charge < -0.3 is 19.2 Å². The molecule has 2 aromatic carbocycles. The minimum absolute atomic E-state index is 0.131. The Balaban J connectivity index is 1.59. The maximum Gasteiger partial charge on any atom is 0.420 e. The Hall–Kier alpha value is -4.69. The smallest absolute Gasteiger partial charge is 0.420 e. The van der Waals surface area contributed by atoms with Gasteiger partial charge in [0.1, 0.15) is 29.7 Å². The number of halogens is 8. The van der Waals surface area contributed by atoms with Crippen LogP contribution in [0, 0.1) is 28.8 Å². The van der Waals surface area contributed by atoms with E-state index in [-0.39, 0.29) is 17.9 Å². The highest BCUT2D eigenvalue weighted by Crippen LogP contribution is 2.42. The summed E-state index contributed by atoms with van der Waals surface area (Å²) in [6, 6.07) is 6.52. The van der Waals surface area contributed by atoms with Gasteiger partial charge in [-0.1, -0.05) is 0 Å². The van der Waals surface area contributed by atoms with Gasteiger partial charge in [-0.2, -0.15) is 18.4 Å². The first-order chi connectivity index (χ1) is 21.9. The molecule has 1 aliphatic rings. The predicted molar refractivity (Wildman–Crippen MR) is 154 cm³/mol. The van der Waals surface area contributed by atoms with Crippen molar-refractivity contribution in [3.8, 4) is 23.1 Å². The van der Waals surface area contributed by atoms with E-state index in [0.29, 0.717) is 17.3 Å². The largest absolute Gasteiger partial charge is 0.484 e. The number of carbonyl (C=O) groups excluding carboxylic acids is 2. The average molecular weight is 687 g/mol. The highest BCUT2D eigenvalue weighted by atomic mass is 32.1. The summed E-state index contributed by atoms with van der Waals surface area (Å²) in [6.45, 7) is 0.599. The van der Waals surface area contributed by atoms with Gasteiger partial charge in [-0.3, -0.25) is 14.7 Å². The summed E-state index contributed by atoms with van der Waals surface area (Å²) in [5, 5.41) is 8.53. The normalized spacial score (nSPS) is 14.8. The van der Waals surface area contributed by atoms with Gasteiger partial charge in [0.2, 0.25) is 0 Å². The van der Waals surface area contributed by atoms with E-state index < -0.39 is 94.0 Å². The molecule has 0 bridgehead atoms. The first kappa shape index (κ1) is 35.2. The number of benzene rings is 2. The molecule has 0 aliphatic carbocycles. The molecule has 4 rings (SSSR count). The number of nitrogens with zero attached hydrogens (tertiary/aromatic N) is 4. The number of carbonyl (C=O) groups is 2. The van der Waals surface area contributed by atoms with Crippen LogP contribution in [-0.4, -0.2) is 53.6 Å². The lowest BCUT2D eigenvalue weighted by atomic mass is 10.0. The van der Waals surface area contributed by atoms with E-state index in [2.05, 4.69) is 9.72 Å². The second kappa shape index (κ2) is 13.2. The van der Waals surface area contributed by atoms with Gasteiger partial charge in [0.15, 0.2) is 34.9 Å². The van der Waals surface area contributed by atoms with Crippen molar-refractivity contribution in [2.45, 2.75) is 37.9 Å². The van der Waals surface area contributed by atoms with Crippen molar-refractivity contribution in [3.63, 3.8) is 0 Å². The first-order valence-electron chi connectivity index (χ1n) is 13.4. The van der Waals surface area contributed by atoms with E-state index in [9.17, 15) is 35.9 Å². The van der Waals surface area contributed by atoms with Crippen molar-refractivity contribution < 1.29 is 54.2 Å². The maximum absolute atomic E-state index is 15.4. The number of ether oxygens (including phenoxy) is 2. The quantitative estimate of drug-likeness (QED) is 0.0966. The van der Waals surface area contributed by atoms with Crippen LogP contribution in [0.4, 0.5) is 46.5 Å². The van der Waals surface area contributed by atoms with Crippen molar-refractivity contribution in [1.29, 1.82) is 5.26 Å². The molecule has 1 saturated heterocycles. The summed E-state index contributed by atoms with van der Waals surface area (Å²) in [5.41, 5.74) is -6.18. The second-order valence-corrected chi connectivity index (χ2v) is 10.9. The topological polar surface area (TPSA) is 95.8 Å². The molecule has 2 heterocycles. The van der Waals surface area contributed by atoms with Crippen LogP contribution < -0.4 is 14.5 Å². The summed E-state index contributed by atoms with van der Waals surface area (Å²) in [5.74, 6) is -9.04. The lowest BCUT2D eigenvalue weighted by Crippen LogP contribution is -2.44. The van der Waals surface area contributed by atoms with Crippen LogP contribution in [0.15, 0.2) is 42.6 Å². The molecule has 1 aliphatic heterocycles. The molecule has 1 aromatic heterocycles. The Morgan fingerprint density at radius 3 is 2.36 bits per heavy atom. The zero-order valence-corrected chi connectivity index (χ0v) is 25.1. The molecule has 248 valence electrons. The van der Waals surface area contributed by atoms with Gasteiger partial charge in [-0.25, -0.2) is 22.0 Å². The number of amides is 1. The molecule has 1 amide bonds. The van der Waals surface area contributed by atoms with Crippen LogP contribution in [0.25, 0.3) is 11.3 Å². The zero-order valence-electron chi connectivity index (χ0n) is 24.3. The fourth-order valence-electron chi connectivity index (χ4n) is 4.69. The summed E-state index contributed by atoms with van der Waals surface area (Å²) < 4.78 is 124. The molecule has 8 nitrogen and oxygen atoms in total. The van der Waals surface area contributed by atoms with Gasteiger partial charge in [-0.15, -0.1) is 0 Å².